The number of nitrogens with zero attached hydrogens (tertiary/aromatic N) is 1. The molecule has 0 bridgehead atoms. The van der Waals surface area contributed by atoms with Crippen molar-refractivity contribution >= 4 is 19.5 Å². The summed E-state index contributed by atoms with van der Waals surface area (Å²) in [4.78, 5) is 25.1. The Morgan fingerprint density at radius 1 is 1.12 bits per heavy atom. The largest absolute Gasteiger partial charge is 0.492 e. The van der Waals surface area contributed by atoms with Crippen LogP contribution in [0.25, 0.3) is 0 Å². The van der Waals surface area contributed by atoms with Gasteiger partial charge < -0.3 is 23.7 Å². The zero-order valence-electron chi connectivity index (χ0n) is 17.5. The monoisotopic (exact) mass is 369 g/mol. The Bertz CT molecular complexity index is 549. The zero-order valence-corrected chi connectivity index (χ0v) is 17.5. The van der Waals surface area contributed by atoms with Crippen LogP contribution in [0.2, 0.25) is 0 Å². The first-order valence-corrected chi connectivity index (χ1v) is 8.68. The van der Waals surface area contributed by atoms with E-state index in [0.717, 1.165) is 6.29 Å². The van der Waals surface area contributed by atoms with Gasteiger partial charge in [-0.2, -0.15) is 0 Å². The molecule has 1 amide bonds. The normalized spacial score (nSPS) is 21.4. The van der Waals surface area contributed by atoms with E-state index < -0.39 is 30.0 Å². The second-order valence-corrected chi connectivity index (χ2v) is 8.50. The fourth-order valence-electron chi connectivity index (χ4n) is 2.45. The molecule has 1 saturated heterocycles. The third-order valence-electron chi connectivity index (χ3n) is 4.47. The van der Waals surface area contributed by atoms with Crippen LogP contribution in [0, 0.1) is 0 Å². The predicted octanol–water partition coefficient (Wildman–Crippen LogP) is 2.63. The zero-order chi connectivity index (χ0) is 20.3. The molecule has 0 N–H and O–H groups in total. The van der Waals surface area contributed by atoms with Crippen molar-refractivity contribution in [2.45, 2.75) is 65.3 Å². The highest BCUT2D eigenvalue weighted by atomic mass is 16.7. The molecule has 148 valence electrons. The Balaban J connectivity index is 0.00000105. The molecule has 26 heavy (non-hydrogen) atoms. The van der Waals surface area contributed by atoms with Crippen molar-refractivity contribution < 1.29 is 28.4 Å². The van der Waals surface area contributed by atoms with Gasteiger partial charge in [-0.15, -0.1) is 0 Å². The lowest BCUT2D eigenvalue weighted by Gasteiger charge is -2.32. The summed E-state index contributed by atoms with van der Waals surface area (Å²) in [5.41, 5.74) is -0.333. The summed E-state index contributed by atoms with van der Waals surface area (Å²) in [6.07, 6.45) is 0.327. The minimum atomic E-state index is -0.618. The van der Waals surface area contributed by atoms with Crippen LogP contribution in [0.5, 0.6) is 0 Å². The number of carbonyl (C=O) groups excluding carboxylic acids is 2. The molecule has 2 rings (SSSR count). The molecule has 0 aromatic heterocycles. The van der Waals surface area contributed by atoms with Crippen LogP contribution in [-0.4, -0.2) is 68.5 Å². The van der Waals surface area contributed by atoms with Crippen LogP contribution in [0.1, 0.15) is 48.5 Å². The van der Waals surface area contributed by atoms with E-state index in [1.165, 1.54) is 4.90 Å². The van der Waals surface area contributed by atoms with Crippen molar-refractivity contribution in [2.75, 3.05) is 27.3 Å². The Morgan fingerprint density at radius 3 is 1.96 bits per heavy atom. The number of rotatable bonds is 2. The SMILES string of the molecule is CC(C)(C)OC(=O)N1CC(C=O)=C(B2OC(C)(C)C(C)(C)O2)C1.COC. The molecule has 7 nitrogen and oxygen atoms in total. The van der Waals surface area contributed by atoms with E-state index >= 15 is 0 Å². The van der Waals surface area contributed by atoms with Crippen molar-refractivity contribution in [3.63, 3.8) is 0 Å². The first-order valence-electron chi connectivity index (χ1n) is 8.68. The topological polar surface area (TPSA) is 74.3 Å². The molecular formula is C18H32BNO6. The Morgan fingerprint density at radius 2 is 1.58 bits per heavy atom. The summed E-state index contributed by atoms with van der Waals surface area (Å²) in [5.74, 6) is 0. The molecule has 0 saturated carbocycles. The molecule has 0 atom stereocenters. The van der Waals surface area contributed by atoms with Crippen LogP contribution < -0.4 is 0 Å². The van der Waals surface area contributed by atoms with Crippen molar-refractivity contribution in [1.82, 2.24) is 4.90 Å². The number of amides is 1. The molecular weight excluding hydrogens is 337 g/mol. The number of hydrogen-bond donors (Lipinski definition) is 0. The summed E-state index contributed by atoms with van der Waals surface area (Å²) in [6, 6.07) is 0. The van der Waals surface area contributed by atoms with Gasteiger partial charge in [0, 0.05) is 26.3 Å². The van der Waals surface area contributed by atoms with E-state index in [0.29, 0.717) is 11.0 Å². The Hall–Kier alpha value is -1.38. The summed E-state index contributed by atoms with van der Waals surface area (Å²) in [6.45, 7) is 13.7. The Kier molecular flexibility index (Phi) is 7.07. The maximum absolute atomic E-state index is 12.2. The molecule has 1 fully saturated rings. The molecule has 0 spiro atoms. The minimum absolute atomic E-state index is 0.220. The summed E-state index contributed by atoms with van der Waals surface area (Å²) >= 11 is 0. The van der Waals surface area contributed by atoms with E-state index in [2.05, 4.69) is 4.74 Å². The number of carbonyl (C=O) groups is 2. The number of aldehydes is 1. The Labute approximate surface area is 157 Å². The van der Waals surface area contributed by atoms with E-state index in [-0.39, 0.29) is 13.1 Å². The van der Waals surface area contributed by atoms with Gasteiger partial charge in [-0.1, -0.05) is 0 Å². The van der Waals surface area contributed by atoms with E-state index in [1.54, 1.807) is 14.2 Å². The van der Waals surface area contributed by atoms with Crippen molar-refractivity contribution in [2.24, 2.45) is 0 Å². The van der Waals surface area contributed by atoms with Crippen LogP contribution in [0.15, 0.2) is 11.0 Å². The van der Waals surface area contributed by atoms with Crippen molar-refractivity contribution in [1.29, 1.82) is 0 Å². The lowest BCUT2D eigenvalue weighted by Crippen LogP contribution is -2.41. The van der Waals surface area contributed by atoms with Crippen LogP contribution in [-0.2, 0) is 23.6 Å². The molecule has 0 aromatic rings. The second-order valence-electron chi connectivity index (χ2n) is 8.50. The second kappa shape index (κ2) is 8.11. The molecule has 2 aliphatic heterocycles. The van der Waals surface area contributed by atoms with Gasteiger partial charge in [0.05, 0.1) is 17.7 Å². The van der Waals surface area contributed by atoms with Crippen LogP contribution >= 0.6 is 0 Å². The third kappa shape index (κ3) is 5.31. The maximum atomic E-state index is 12.2. The highest BCUT2D eigenvalue weighted by Gasteiger charge is 2.54. The quantitative estimate of drug-likeness (QED) is 0.550. The summed E-state index contributed by atoms with van der Waals surface area (Å²) in [5, 5.41) is 0. The van der Waals surface area contributed by atoms with Crippen LogP contribution in [0.4, 0.5) is 4.79 Å². The lowest BCUT2D eigenvalue weighted by atomic mass is 9.76. The number of methoxy groups -OCH3 is 1. The van der Waals surface area contributed by atoms with Gasteiger partial charge in [0.25, 0.3) is 0 Å². The predicted molar refractivity (Wildman–Crippen MR) is 99.9 cm³/mol. The average molecular weight is 369 g/mol. The molecule has 0 aromatic carbocycles. The standard InChI is InChI=1S/C16H26BNO5.C2H6O/c1-14(2,3)21-13(20)18-8-11(10-19)12(9-18)17-22-15(4,5)16(6,7)23-17;1-3-2/h10H,8-9H2,1-7H3;1-2H3. The van der Waals surface area contributed by atoms with Gasteiger partial charge in [0.15, 0.2) is 0 Å². The highest BCUT2D eigenvalue weighted by Crippen LogP contribution is 2.40. The van der Waals surface area contributed by atoms with Gasteiger partial charge in [0.1, 0.15) is 11.9 Å². The van der Waals surface area contributed by atoms with Crippen LogP contribution in [0.3, 0.4) is 0 Å². The van der Waals surface area contributed by atoms with E-state index in [1.807, 2.05) is 48.5 Å². The highest BCUT2D eigenvalue weighted by molar-refractivity contribution is 6.55. The number of hydrogen-bond acceptors (Lipinski definition) is 6. The van der Waals surface area contributed by atoms with Gasteiger partial charge >= 0.3 is 13.2 Å². The molecule has 0 aliphatic carbocycles. The van der Waals surface area contributed by atoms with Gasteiger partial charge in [-0.25, -0.2) is 4.79 Å². The smallest absolute Gasteiger partial charge is 0.444 e. The molecule has 2 heterocycles. The minimum Gasteiger partial charge on any atom is -0.444 e. The van der Waals surface area contributed by atoms with E-state index in [9.17, 15) is 9.59 Å². The lowest BCUT2D eigenvalue weighted by molar-refractivity contribution is -0.105. The fraction of sp³-hybridized carbons (Fsp3) is 0.778. The first kappa shape index (κ1) is 22.7. The number of ether oxygens (including phenoxy) is 2. The maximum Gasteiger partial charge on any atom is 0.492 e. The fourth-order valence-corrected chi connectivity index (χ4v) is 2.45. The van der Waals surface area contributed by atoms with Crippen molar-refractivity contribution in [3.8, 4) is 0 Å². The third-order valence-corrected chi connectivity index (χ3v) is 4.47. The molecule has 0 radical (unpaired) electrons. The van der Waals surface area contributed by atoms with Crippen molar-refractivity contribution in [3.05, 3.63) is 11.0 Å². The van der Waals surface area contributed by atoms with Gasteiger partial charge in [-0.3, -0.25) is 4.79 Å². The van der Waals surface area contributed by atoms with Gasteiger partial charge in [0.2, 0.25) is 0 Å². The molecule has 8 heteroatoms. The van der Waals surface area contributed by atoms with E-state index in [4.69, 9.17) is 14.0 Å². The van der Waals surface area contributed by atoms with Gasteiger partial charge in [-0.05, 0) is 53.9 Å². The summed E-state index contributed by atoms with van der Waals surface area (Å²) in [7, 11) is 2.63. The summed E-state index contributed by atoms with van der Waals surface area (Å²) < 4.78 is 21.6. The average Bonchev–Trinajstić information content (AvgIpc) is 2.97. The molecule has 2 aliphatic rings. The first-order chi connectivity index (χ1) is 11.8. The molecule has 0 unspecified atom stereocenters.